The molecule has 5 nitrogen and oxygen atoms in total. The van der Waals surface area contributed by atoms with E-state index in [1.54, 1.807) is 14.2 Å². The molecule has 5 rings (SSSR count). The minimum atomic E-state index is 0.475. The zero-order chi connectivity index (χ0) is 22.2. The smallest absolute Gasteiger partial charge is 0.161 e. The summed E-state index contributed by atoms with van der Waals surface area (Å²) in [5, 5.41) is 5.18. The second-order valence-electron chi connectivity index (χ2n) is 9.41. The van der Waals surface area contributed by atoms with Gasteiger partial charge in [-0.15, -0.1) is 11.3 Å². The minimum Gasteiger partial charge on any atom is -0.493 e. The first-order valence-electron chi connectivity index (χ1n) is 11.9. The van der Waals surface area contributed by atoms with Gasteiger partial charge in [0.2, 0.25) is 0 Å². The molecule has 1 fully saturated rings. The highest BCUT2D eigenvalue weighted by Crippen LogP contribution is 2.41. The minimum absolute atomic E-state index is 0.475. The molecule has 3 atom stereocenters. The van der Waals surface area contributed by atoms with E-state index in [1.807, 2.05) is 23.5 Å². The topological polar surface area (TPSA) is 56.3 Å². The molecular formula is C26H33N3O2S. The quantitative estimate of drug-likeness (QED) is 0.496. The summed E-state index contributed by atoms with van der Waals surface area (Å²) in [5.74, 6) is 4.79. The zero-order valence-corrected chi connectivity index (χ0v) is 20.3. The van der Waals surface area contributed by atoms with Gasteiger partial charge in [-0.25, -0.2) is 9.97 Å². The number of hydrogen-bond donors (Lipinski definition) is 1. The third-order valence-electron chi connectivity index (χ3n) is 7.45. The molecule has 0 amide bonds. The summed E-state index contributed by atoms with van der Waals surface area (Å²) in [6, 6.07) is 6.53. The van der Waals surface area contributed by atoms with E-state index < -0.39 is 0 Å². The van der Waals surface area contributed by atoms with Crippen molar-refractivity contribution in [2.75, 3.05) is 19.5 Å². The van der Waals surface area contributed by atoms with E-state index in [2.05, 4.69) is 25.2 Å². The van der Waals surface area contributed by atoms with Crippen LogP contribution in [0.15, 0.2) is 18.2 Å². The summed E-state index contributed by atoms with van der Waals surface area (Å²) in [7, 11) is 3.33. The molecule has 2 heterocycles. The van der Waals surface area contributed by atoms with Crippen LogP contribution in [0.25, 0.3) is 10.2 Å². The lowest BCUT2D eigenvalue weighted by Gasteiger charge is -2.35. The van der Waals surface area contributed by atoms with Crippen molar-refractivity contribution in [3.63, 3.8) is 0 Å². The molecule has 0 unspecified atom stereocenters. The van der Waals surface area contributed by atoms with Crippen molar-refractivity contribution < 1.29 is 9.47 Å². The van der Waals surface area contributed by atoms with Crippen molar-refractivity contribution in [2.24, 2.45) is 11.8 Å². The number of thiophene rings is 1. The van der Waals surface area contributed by atoms with Crippen molar-refractivity contribution in [2.45, 2.75) is 64.8 Å². The Balaban J connectivity index is 1.52. The maximum absolute atomic E-state index is 5.50. The fraction of sp³-hybridized carbons (Fsp3) is 0.538. The second kappa shape index (κ2) is 8.89. The average molecular weight is 452 g/mol. The van der Waals surface area contributed by atoms with Crippen molar-refractivity contribution in [3.8, 4) is 11.5 Å². The van der Waals surface area contributed by atoms with Gasteiger partial charge in [-0.2, -0.15) is 0 Å². The predicted octanol–water partition coefficient (Wildman–Crippen LogP) is 6.02. The third kappa shape index (κ3) is 3.94. The predicted molar refractivity (Wildman–Crippen MR) is 131 cm³/mol. The van der Waals surface area contributed by atoms with Gasteiger partial charge in [0.25, 0.3) is 0 Å². The summed E-state index contributed by atoms with van der Waals surface area (Å²) in [5.41, 5.74) is 2.61. The number of fused-ring (bicyclic) bond motifs is 3. The Hall–Kier alpha value is -2.34. The van der Waals surface area contributed by atoms with Crippen molar-refractivity contribution in [3.05, 3.63) is 40.0 Å². The van der Waals surface area contributed by atoms with Gasteiger partial charge in [-0.05, 0) is 60.8 Å². The van der Waals surface area contributed by atoms with Gasteiger partial charge in [0.1, 0.15) is 16.5 Å². The van der Waals surface area contributed by atoms with Crippen molar-refractivity contribution >= 4 is 27.4 Å². The first kappa shape index (κ1) is 21.5. The Labute approximate surface area is 194 Å². The molecule has 0 radical (unpaired) electrons. The number of methoxy groups -OCH3 is 2. The second-order valence-corrected chi connectivity index (χ2v) is 10.5. The molecule has 1 N–H and O–H groups in total. The first-order valence-corrected chi connectivity index (χ1v) is 12.7. The van der Waals surface area contributed by atoms with Gasteiger partial charge in [-0.3, -0.25) is 0 Å². The summed E-state index contributed by atoms with van der Waals surface area (Å²) < 4.78 is 10.9. The number of nitrogens with zero attached hydrogens (tertiary/aromatic N) is 2. The van der Waals surface area contributed by atoms with E-state index in [1.165, 1.54) is 47.9 Å². The third-order valence-corrected chi connectivity index (χ3v) is 8.64. The number of aromatic nitrogens is 2. The zero-order valence-electron chi connectivity index (χ0n) is 19.5. The number of ether oxygens (including phenoxy) is 2. The van der Waals surface area contributed by atoms with E-state index in [4.69, 9.17) is 19.4 Å². The highest BCUT2D eigenvalue weighted by atomic mass is 32.1. The number of nitrogens with one attached hydrogen (secondary N) is 1. The normalized spacial score (nSPS) is 22.7. The van der Waals surface area contributed by atoms with Crippen LogP contribution >= 0.6 is 11.3 Å². The van der Waals surface area contributed by atoms with E-state index in [-0.39, 0.29) is 0 Å². The number of hydrogen-bond acceptors (Lipinski definition) is 6. The van der Waals surface area contributed by atoms with E-state index in [9.17, 15) is 0 Å². The van der Waals surface area contributed by atoms with Crippen molar-refractivity contribution in [1.29, 1.82) is 0 Å². The molecule has 0 aliphatic heterocycles. The molecule has 6 heteroatoms. The van der Waals surface area contributed by atoms with Crippen LogP contribution in [-0.4, -0.2) is 30.2 Å². The summed E-state index contributed by atoms with van der Waals surface area (Å²) >= 11 is 1.87. The Morgan fingerprint density at radius 2 is 1.88 bits per heavy atom. The molecule has 2 aromatic heterocycles. The molecule has 170 valence electrons. The Bertz CT molecular complexity index is 1130. The van der Waals surface area contributed by atoms with Crippen LogP contribution in [0.2, 0.25) is 0 Å². The van der Waals surface area contributed by atoms with E-state index in [0.29, 0.717) is 18.4 Å². The van der Waals surface area contributed by atoms with Crippen LogP contribution in [0.4, 0.5) is 5.82 Å². The summed E-state index contributed by atoms with van der Waals surface area (Å²) in [6.45, 7) is 4.78. The maximum atomic E-state index is 5.50. The number of anilines is 1. The molecule has 0 bridgehead atoms. The molecule has 1 saturated carbocycles. The van der Waals surface area contributed by atoms with E-state index >= 15 is 0 Å². The average Bonchev–Trinajstić information content (AvgIpc) is 3.38. The highest BCUT2D eigenvalue weighted by Gasteiger charge is 2.29. The van der Waals surface area contributed by atoms with Crippen LogP contribution in [0, 0.1) is 11.8 Å². The van der Waals surface area contributed by atoms with Crippen LogP contribution < -0.4 is 14.8 Å². The highest BCUT2D eigenvalue weighted by molar-refractivity contribution is 7.19. The first-order chi connectivity index (χ1) is 15.6. The molecule has 0 saturated heterocycles. The van der Waals surface area contributed by atoms with Gasteiger partial charge in [0.05, 0.1) is 19.6 Å². The van der Waals surface area contributed by atoms with Gasteiger partial charge in [0, 0.05) is 17.3 Å². The van der Waals surface area contributed by atoms with Gasteiger partial charge < -0.3 is 14.8 Å². The number of benzene rings is 1. The lowest BCUT2D eigenvalue weighted by molar-refractivity contribution is 0.253. The molecule has 2 aliphatic rings. The van der Waals surface area contributed by atoms with Crippen LogP contribution in [0.3, 0.4) is 0 Å². The van der Waals surface area contributed by atoms with Gasteiger partial charge in [0.15, 0.2) is 11.5 Å². The molecular weight excluding hydrogens is 418 g/mol. The van der Waals surface area contributed by atoms with Crippen LogP contribution in [0.5, 0.6) is 11.5 Å². The number of aryl methyl sites for hydroxylation is 2. The molecule has 2 aliphatic carbocycles. The molecule has 32 heavy (non-hydrogen) atoms. The lowest BCUT2D eigenvalue weighted by atomic mass is 9.78. The van der Waals surface area contributed by atoms with Crippen LogP contribution in [-0.2, 0) is 19.3 Å². The number of rotatable bonds is 6. The lowest BCUT2D eigenvalue weighted by Crippen LogP contribution is -2.35. The molecule has 1 aromatic carbocycles. The van der Waals surface area contributed by atoms with Crippen molar-refractivity contribution in [1.82, 2.24) is 9.97 Å². The monoisotopic (exact) mass is 451 g/mol. The fourth-order valence-electron chi connectivity index (χ4n) is 5.36. The molecule has 0 spiro atoms. The largest absolute Gasteiger partial charge is 0.493 e. The Morgan fingerprint density at radius 3 is 2.69 bits per heavy atom. The summed E-state index contributed by atoms with van der Waals surface area (Å²) in [4.78, 5) is 12.8. The standard InChI is InChI=1S/C26H33N3O2S/c1-15-7-5-9-19(16(15)2)27-25-24-18-8-6-10-22(18)32-26(24)29-23(28-25)14-17-11-12-20(30-3)21(13-17)31-4/h11-13,15-16,19H,5-10,14H2,1-4H3,(H,27,28,29)/t15-,16+,19-/m1/s1. The Kier molecular flexibility index (Phi) is 5.97. The summed E-state index contributed by atoms with van der Waals surface area (Å²) in [6.07, 6.45) is 8.09. The van der Waals surface area contributed by atoms with E-state index in [0.717, 1.165) is 45.9 Å². The van der Waals surface area contributed by atoms with Crippen LogP contribution in [0.1, 0.15) is 61.4 Å². The van der Waals surface area contributed by atoms with Gasteiger partial charge in [-0.1, -0.05) is 32.8 Å². The van der Waals surface area contributed by atoms with Gasteiger partial charge >= 0.3 is 0 Å². The fourth-order valence-corrected chi connectivity index (χ4v) is 6.64. The maximum Gasteiger partial charge on any atom is 0.161 e. The Morgan fingerprint density at radius 1 is 1.03 bits per heavy atom. The molecule has 3 aromatic rings. The SMILES string of the molecule is COc1ccc(Cc2nc(N[C@@H]3CCC[C@@H](C)[C@@H]3C)c3c4c(sc3n2)CCC4)cc1OC.